The Kier molecular flexibility index (Phi) is 3.45. The molecule has 1 aliphatic rings. The highest BCUT2D eigenvalue weighted by molar-refractivity contribution is 5.93. The van der Waals surface area contributed by atoms with Crippen LogP contribution in [-0.4, -0.2) is 13.9 Å². The van der Waals surface area contributed by atoms with Crippen molar-refractivity contribution in [1.29, 1.82) is 0 Å². The van der Waals surface area contributed by atoms with E-state index in [1.807, 2.05) is 37.3 Å². The third-order valence-electron chi connectivity index (χ3n) is 4.24. The maximum Gasteiger partial charge on any atom is 0.231 e. The van der Waals surface area contributed by atoms with Gasteiger partial charge in [0.15, 0.2) is 22.8 Å². The molecule has 1 aromatic heterocycles. The monoisotopic (exact) mass is 322 g/mol. The third-order valence-corrected chi connectivity index (χ3v) is 4.24. The van der Waals surface area contributed by atoms with E-state index in [1.54, 1.807) is 7.11 Å². The highest BCUT2D eigenvalue weighted by Gasteiger charge is 2.20. The summed E-state index contributed by atoms with van der Waals surface area (Å²) in [6.07, 6.45) is 4.06. The van der Waals surface area contributed by atoms with Crippen molar-refractivity contribution in [3.63, 3.8) is 0 Å². The zero-order valence-electron chi connectivity index (χ0n) is 13.9. The van der Waals surface area contributed by atoms with E-state index in [0.717, 1.165) is 50.7 Å². The van der Waals surface area contributed by atoms with Gasteiger partial charge in [-0.2, -0.15) is 0 Å². The predicted molar refractivity (Wildman–Crippen MR) is 93.8 cm³/mol. The summed E-state index contributed by atoms with van der Waals surface area (Å²) in [7, 11) is 1.66. The van der Waals surface area contributed by atoms with Gasteiger partial charge in [0, 0.05) is 16.5 Å². The molecule has 2 heterocycles. The van der Waals surface area contributed by atoms with Gasteiger partial charge in [0.05, 0.1) is 7.11 Å². The van der Waals surface area contributed by atoms with Gasteiger partial charge in [0.1, 0.15) is 5.76 Å². The molecule has 4 heteroatoms. The fourth-order valence-corrected chi connectivity index (χ4v) is 3.06. The second-order valence-corrected chi connectivity index (χ2v) is 5.72. The molecular formula is C20H18O4. The Morgan fingerprint density at radius 2 is 1.92 bits per heavy atom. The van der Waals surface area contributed by atoms with Gasteiger partial charge >= 0.3 is 0 Å². The Balaban J connectivity index is 1.92. The average molecular weight is 322 g/mol. The first-order valence-corrected chi connectivity index (χ1v) is 7.85. The Labute approximate surface area is 140 Å². The van der Waals surface area contributed by atoms with Gasteiger partial charge in [-0.25, -0.2) is 0 Å². The summed E-state index contributed by atoms with van der Waals surface area (Å²) in [4.78, 5) is 0. The van der Waals surface area contributed by atoms with Gasteiger partial charge in [-0.1, -0.05) is 12.2 Å². The van der Waals surface area contributed by atoms with Gasteiger partial charge in [-0.15, -0.1) is 0 Å². The van der Waals surface area contributed by atoms with Crippen molar-refractivity contribution in [3.8, 4) is 28.6 Å². The number of fused-ring (bicyclic) bond motifs is 2. The van der Waals surface area contributed by atoms with Crippen LogP contribution in [-0.2, 0) is 0 Å². The summed E-state index contributed by atoms with van der Waals surface area (Å²) < 4.78 is 22.5. The lowest BCUT2D eigenvalue weighted by atomic mass is 10.0. The molecule has 1 aliphatic heterocycles. The van der Waals surface area contributed by atoms with Gasteiger partial charge in [0.25, 0.3) is 0 Å². The van der Waals surface area contributed by atoms with E-state index in [2.05, 4.69) is 19.1 Å². The normalized spacial score (nSPS) is 13.1. The van der Waals surface area contributed by atoms with Crippen LogP contribution in [0.25, 0.3) is 28.4 Å². The van der Waals surface area contributed by atoms with Crippen LogP contribution in [0.1, 0.15) is 18.1 Å². The van der Waals surface area contributed by atoms with Crippen LogP contribution in [0, 0.1) is 6.92 Å². The molecule has 0 atom stereocenters. The molecule has 122 valence electrons. The number of rotatable bonds is 3. The first-order chi connectivity index (χ1) is 11.7. The molecular weight excluding hydrogens is 304 g/mol. The summed E-state index contributed by atoms with van der Waals surface area (Å²) in [6.45, 7) is 4.32. The van der Waals surface area contributed by atoms with E-state index in [-0.39, 0.29) is 6.79 Å². The van der Waals surface area contributed by atoms with E-state index in [0.29, 0.717) is 0 Å². The second-order valence-electron chi connectivity index (χ2n) is 5.72. The van der Waals surface area contributed by atoms with E-state index in [1.165, 1.54) is 0 Å². The smallest absolute Gasteiger partial charge is 0.231 e. The molecule has 4 rings (SSSR count). The lowest BCUT2D eigenvalue weighted by molar-refractivity contribution is 0.174. The predicted octanol–water partition coefficient (Wildman–Crippen LogP) is 5.18. The number of benzene rings is 2. The van der Waals surface area contributed by atoms with E-state index in [9.17, 15) is 0 Å². The highest BCUT2D eigenvalue weighted by atomic mass is 16.7. The second kappa shape index (κ2) is 5.64. The average Bonchev–Trinajstić information content (AvgIpc) is 3.19. The zero-order chi connectivity index (χ0) is 16.7. The van der Waals surface area contributed by atoms with Crippen molar-refractivity contribution in [2.75, 3.05) is 13.9 Å². The van der Waals surface area contributed by atoms with E-state index < -0.39 is 0 Å². The Morgan fingerprint density at radius 3 is 2.71 bits per heavy atom. The summed E-state index contributed by atoms with van der Waals surface area (Å²) in [6, 6.07) is 9.94. The molecule has 3 aromatic rings. The molecule has 0 spiro atoms. The molecule has 0 saturated heterocycles. The topological polar surface area (TPSA) is 40.8 Å². The largest absolute Gasteiger partial charge is 0.493 e. The van der Waals surface area contributed by atoms with Crippen molar-refractivity contribution in [2.45, 2.75) is 13.8 Å². The van der Waals surface area contributed by atoms with Crippen molar-refractivity contribution in [2.24, 2.45) is 0 Å². The SMILES string of the molecule is CC=Cc1cc(OC)c2oc(-c3ccc4c(c3)OCO4)c(C)c2c1. The minimum Gasteiger partial charge on any atom is -0.493 e. The third kappa shape index (κ3) is 2.22. The van der Waals surface area contributed by atoms with Gasteiger partial charge < -0.3 is 18.6 Å². The molecule has 2 aromatic carbocycles. The first-order valence-electron chi connectivity index (χ1n) is 7.85. The minimum absolute atomic E-state index is 0.262. The van der Waals surface area contributed by atoms with Crippen LogP contribution in [0.15, 0.2) is 40.8 Å². The van der Waals surface area contributed by atoms with Gasteiger partial charge in [-0.3, -0.25) is 0 Å². The summed E-state index contributed by atoms with van der Waals surface area (Å²) in [5.74, 6) is 3.06. The Hall–Kier alpha value is -2.88. The molecule has 0 amide bonds. The van der Waals surface area contributed by atoms with Crippen LogP contribution in [0.2, 0.25) is 0 Å². The fraction of sp³-hybridized carbons (Fsp3) is 0.200. The molecule has 0 saturated carbocycles. The molecule has 0 bridgehead atoms. The number of furan rings is 1. The van der Waals surface area contributed by atoms with Crippen LogP contribution in [0.4, 0.5) is 0 Å². The molecule has 0 unspecified atom stereocenters. The van der Waals surface area contributed by atoms with E-state index >= 15 is 0 Å². The summed E-state index contributed by atoms with van der Waals surface area (Å²) >= 11 is 0. The molecule has 4 nitrogen and oxygen atoms in total. The summed E-state index contributed by atoms with van der Waals surface area (Å²) in [5.41, 5.74) is 3.88. The molecule has 0 radical (unpaired) electrons. The Bertz CT molecular complexity index is 950. The van der Waals surface area contributed by atoms with Gasteiger partial charge in [-0.05, 0) is 49.7 Å². The quantitative estimate of drug-likeness (QED) is 0.666. The van der Waals surface area contributed by atoms with Crippen LogP contribution >= 0.6 is 0 Å². The van der Waals surface area contributed by atoms with Crippen LogP contribution in [0.5, 0.6) is 17.2 Å². The van der Waals surface area contributed by atoms with E-state index in [4.69, 9.17) is 18.6 Å². The first kappa shape index (κ1) is 14.7. The van der Waals surface area contributed by atoms with Crippen molar-refractivity contribution in [3.05, 3.63) is 47.5 Å². The summed E-state index contributed by atoms with van der Waals surface area (Å²) in [5, 5.41) is 1.05. The fourth-order valence-electron chi connectivity index (χ4n) is 3.06. The van der Waals surface area contributed by atoms with Crippen LogP contribution < -0.4 is 14.2 Å². The maximum atomic E-state index is 6.15. The minimum atomic E-state index is 0.262. The van der Waals surface area contributed by atoms with Gasteiger partial charge in [0.2, 0.25) is 6.79 Å². The number of hydrogen-bond donors (Lipinski definition) is 0. The number of methoxy groups -OCH3 is 1. The molecule has 0 N–H and O–H groups in total. The van der Waals surface area contributed by atoms with Crippen molar-refractivity contribution in [1.82, 2.24) is 0 Å². The number of hydrogen-bond acceptors (Lipinski definition) is 4. The van der Waals surface area contributed by atoms with Crippen molar-refractivity contribution < 1.29 is 18.6 Å². The molecule has 24 heavy (non-hydrogen) atoms. The zero-order valence-corrected chi connectivity index (χ0v) is 13.9. The maximum absolute atomic E-state index is 6.15. The van der Waals surface area contributed by atoms with Crippen LogP contribution in [0.3, 0.4) is 0 Å². The highest BCUT2D eigenvalue weighted by Crippen LogP contribution is 2.41. The molecule has 0 aliphatic carbocycles. The lowest BCUT2D eigenvalue weighted by Crippen LogP contribution is -1.92. The lowest BCUT2D eigenvalue weighted by Gasteiger charge is -2.02. The number of aryl methyl sites for hydroxylation is 1. The number of allylic oxidation sites excluding steroid dienone is 1. The molecule has 0 fully saturated rings. The number of ether oxygens (including phenoxy) is 3. The van der Waals surface area contributed by atoms with Crippen molar-refractivity contribution >= 4 is 17.0 Å². The standard InChI is InChI=1S/C20H18O4/c1-4-5-13-8-15-12(2)19(24-20(15)18(9-13)21-3)14-6-7-16-17(10-14)23-11-22-16/h4-10H,11H2,1-3H3. The Morgan fingerprint density at radius 1 is 1.08 bits per heavy atom.